The van der Waals surface area contributed by atoms with Gasteiger partial charge >= 0.3 is 0 Å². The summed E-state index contributed by atoms with van der Waals surface area (Å²) in [6.45, 7) is 2.88. The number of hydrogen-bond acceptors (Lipinski definition) is 1. The number of fused-ring (bicyclic) bond motifs is 3. The molecule has 1 amide bonds. The van der Waals surface area contributed by atoms with E-state index in [0.717, 1.165) is 24.9 Å². The summed E-state index contributed by atoms with van der Waals surface area (Å²) in [6, 6.07) is 15.6. The molecule has 0 fully saturated rings. The number of nitrogens with one attached hydrogen (secondary N) is 1. The van der Waals surface area contributed by atoms with E-state index in [1.165, 1.54) is 16.6 Å². The van der Waals surface area contributed by atoms with Crippen molar-refractivity contribution in [2.75, 3.05) is 6.54 Å². The zero-order valence-corrected chi connectivity index (χ0v) is 14.3. The summed E-state index contributed by atoms with van der Waals surface area (Å²) in [7, 11) is 0. The summed E-state index contributed by atoms with van der Waals surface area (Å²) >= 11 is 5.94. The average molecular weight is 339 g/mol. The molecule has 1 aliphatic heterocycles. The highest BCUT2D eigenvalue weighted by Crippen LogP contribution is 2.36. The molecule has 2 aromatic carbocycles. The molecule has 122 valence electrons. The molecule has 0 bridgehead atoms. The van der Waals surface area contributed by atoms with Crippen molar-refractivity contribution in [3.63, 3.8) is 0 Å². The van der Waals surface area contributed by atoms with E-state index in [-0.39, 0.29) is 11.9 Å². The molecule has 0 saturated carbocycles. The van der Waals surface area contributed by atoms with E-state index in [0.29, 0.717) is 10.6 Å². The van der Waals surface area contributed by atoms with Gasteiger partial charge in [-0.25, -0.2) is 0 Å². The first-order valence-corrected chi connectivity index (χ1v) is 8.73. The van der Waals surface area contributed by atoms with Gasteiger partial charge in [-0.15, -0.1) is 0 Å². The molecule has 1 aliphatic rings. The number of para-hydroxylation sites is 1. The molecule has 4 rings (SSSR count). The molecule has 2 heterocycles. The number of amides is 1. The lowest BCUT2D eigenvalue weighted by molar-refractivity contribution is 0.0652. The monoisotopic (exact) mass is 338 g/mol. The molecule has 1 atom stereocenters. The van der Waals surface area contributed by atoms with Gasteiger partial charge in [0.15, 0.2) is 0 Å². The van der Waals surface area contributed by atoms with Crippen LogP contribution < -0.4 is 0 Å². The number of nitrogens with zero attached hydrogens (tertiary/aromatic N) is 1. The Hall–Kier alpha value is -2.26. The highest BCUT2D eigenvalue weighted by atomic mass is 35.5. The van der Waals surface area contributed by atoms with Crippen LogP contribution in [0.5, 0.6) is 0 Å². The third-order valence-corrected chi connectivity index (χ3v) is 5.15. The highest BCUT2D eigenvalue weighted by molar-refractivity contribution is 6.30. The van der Waals surface area contributed by atoms with Crippen LogP contribution in [0.3, 0.4) is 0 Å². The SMILES string of the molecule is CCC1c2[nH]c3ccccc3c2CCN1C(=O)c1ccc(Cl)cc1. The van der Waals surface area contributed by atoms with Crippen LogP contribution in [-0.4, -0.2) is 22.3 Å². The van der Waals surface area contributed by atoms with Gasteiger partial charge in [-0.05, 0) is 48.7 Å². The van der Waals surface area contributed by atoms with Crippen molar-refractivity contribution in [3.05, 3.63) is 70.4 Å². The van der Waals surface area contributed by atoms with Gasteiger partial charge in [-0.1, -0.05) is 36.7 Å². The van der Waals surface area contributed by atoms with Crippen molar-refractivity contribution in [2.24, 2.45) is 0 Å². The number of H-pyrrole nitrogens is 1. The highest BCUT2D eigenvalue weighted by Gasteiger charge is 2.32. The fraction of sp³-hybridized carbons (Fsp3) is 0.250. The van der Waals surface area contributed by atoms with E-state index in [4.69, 9.17) is 11.6 Å². The number of benzene rings is 2. The first kappa shape index (κ1) is 15.3. The molecular formula is C20H19ClN2O. The van der Waals surface area contributed by atoms with Gasteiger partial charge in [0.1, 0.15) is 0 Å². The molecule has 0 saturated heterocycles. The van der Waals surface area contributed by atoms with Crippen LogP contribution in [0, 0.1) is 0 Å². The van der Waals surface area contributed by atoms with Gasteiger partial charge in [0.2, 0.25) is 0 Å². The minimum Gasteiger partial charge on any atom is -0.356 e. The number of carbonyl (C=O) groups is 1. The molecule has 0 spiro atoms. The van der Waals surface area contributed by atoms with E-state index in [9.17, 15) is 4.79 Å². The summed E-state index contributed by atoms with van der Waals surface area (Å²) in [5, 5.41) is 1.93. The number of hydrogen-bond donors (Lipinski definition) is 1. The molecule has 4 heteroatoms. The summed E-state index contributed by atoms with van der Waals surface area (Å²) in [5.74, 6) is 0.0721. The quantitative estimate of drug-likeness (QED) is 0.703. The lowest BCUT2D eigenvalue weighted by Crippen LogP contribution is -2.39. The minimum atomic E-state index is 0.0721. The van der Waals surface area contributed by atoms with Gasteiger partial charge < -0.3 is 9.88 Å². The summed E-state index contributed by atoms with van der Waals surface area (Å²) in [5.41, 5.74) is 4.39. The second-order valence-corrected chi connectivity index (χ2v) is 6.68. The Labute approximate surface area is 146 Å². The van der Waals surface area contributed by atoms with Gasteiger partial charge in [-0.2, -0.15) is 0 Å². The van der Waals surface area contributed by atoms with Crippen molar-refractivity contribution in [1.29, 1.82) is 0 Å². The van der Waals surface area contributed by atoms with Crippen LogP contribution in [0.4, 0.5) is 0 Å². The van der Waals surface area contributed by atoms with E-state index in [1.54, 1.807) is 24.3 Å². The van der Waals surface area contributed by atoms with E-state index >= 15 is 0 Å². The van der Waals surface area contributed by atoms with Gasteiger partial charge in [-0.3, -0.25) is 4.79 Å². The Morgan fingerprint density at radius 2 is 1.96 bits per heavy atom. The molecule has 1 aromatic heterocycles. The maximum Gasteiger partial charge on any atom is 0.254 e. The van der Waals surface area contributed by atoms with Crippen LogP contribution in [0.1, 0.15) is 41.0 Å². The second-order valence-electron chi connectivity index (χ2n) is 6.24. The predicted octanol–water partition coefficient (Wildman–Crippen LogP) is 4.97. The van der Waals surface area contributed by atoms with Crippen LogP contribution in [0.25, 0.3) is 10.9 Å². The largest absolute Gasteiger partial charge is 0.356 e. The fourth-order valence-electron chi connectivity index (χ4n) is 3.74. The van der Waals surface area contributed by atoms with Crippen molar-refractivity contribution in [3.8, 4) is 0 Å². The lowest BCUT2D eigenvalue weighted by atomic mass is 9.95. The van der Waals surface area contributed by atoms with Gasteiger partial charge in [0.05, 0.1) is 6.04 Å². The standard InChI is InChI=1S/C20H19ClN2O/c1-2-18-19-16(15-5-3-4-6-17(15)22-19)11-12-23(18)20(24)13-7-9-14(21)10-8-13/h3-10,18,22H,2,11-12H2,1H3. The number of rotatable bonds is 2. The fourth-order valence-corrected chi connectivity index (χ4v) is 3.87. The van der Waals surface area contributed by atoms with E-state index in [2.05, 4.69) is 30.1 Å². The molecule has 0 radical (unpaired) electrons. The molecular weight excluding hydrogens is 320 g/mol. The molecule has 0 aliphatic carbocycles. The van der Waals surface area contributed by atoms with Crippen molar-refractivity contribution in [1.82, 2.24) is 9.88 Å². The maximum absolute atomic E-state index is 13.0. The smallest absolute Gasteiger partial charge is 0.254 e. The maximum atomic E-state index is 13.0. The lowest BCUT2D eigenvalue weighted by Gasteiger charge is -2.35. The minimum absolute atomic E-state index is 0.0721. The third kappa shape index (κ3) is 2.40. The third-order valence-electron chi connectivity index (χ3n) is 4.90. The summed E-state index contributed by atoms with van der Waals surface area (Å²) < 4.78 is 0. The van der Waals surface area contributed by atoms with Crippen molar-refractivity contribution < 1.29 is 4.79 Å². The van der Waals surface area contributed by atoms with Gasteiger partial charge in [0.25, 0.3) is 5.91 Å². The predicted molar refractivity (Wildman–Crippen MR) is 97.5 cm³/mol. The van der Waals surface area contributed by atoms with Crippen molar-refractivity contribution >= 4 is 28.4 Å². The Morgan fingerprint density at radius 3 is 2.71 bits per heavy atom. The second kappa shape index (κ2) is 5.99. The normalized spacial score (nSPS) is 17.1. The van der Waals surface area contributed by atoms with Crippen LogP contribution in [0.15, 0.2) is 48.5 Å². The molecule has 1 unspecified atom stereocenters. The Balaban J connectivity index is 1.73. The molecule has 3 nitrogen and oxygen atoms in total. The summed E-state index contributed by atoms with van der Waals surface area (Å²) in [4.78, 5) is 18.5. The topological polar surface area (TPSA) is 36.1 Å². The average Bonchev–Trinajstić information content (AvgIpc) is 2.99. The number of halogens is 1. The van der Waals surface area contributed by atoms with E-state index < -0.39 is 0 Å². The van der Waals surface area contributed by atoms with Crippen molar-refractivity contribution in [2.45, 2.75) is 25.8 Å². The number of aromatic nitrogens is 1. The number of carbonyl (C=O) groups excluding carboxylic acids is 1. The van der Waals surface area contributed by atoms with Crippen LogP contribution in [-0.2, 0) is 6.42 Å². The first-order valence-electron chi connectivity index (χ1n) is 8.35. The zero-order chi connectivity index (χ0) is 16.7. The molecule has 24 heavy (non-hydrogen) atoms. The first-order chi connectivity index (χ1) is 11.7. The zero-order valence-electron chi connectivity index (χ0n) is 13.6. The van der Waals surface area contributed by atoms with E-state index in [1.807, 2.05) is 11.0 Å². The molecule has 1 N–H and O–H groups in total. The van der Waals surface area contributed by atoms with Crippen LogP contribution in [0.2, 0.25) is 5.02 Å². The Bertz CT molecular complexity index is 898. The van der Waals surface area contributed by atoms with Gasteiger partial charge in [0, 0.05) is 33.7 Å². The number of aromatic amines is 1. The molecule has 3 aromatic rings. The Kier molecular flexibility index (Phi) is 3.81. The Morgan fingerprint density at radius 1 is 1.21 bits per heavy atom. The summed E-state index contributed by atoms with van der Waals surface area (Å²) in [6.07, 6.45) is 1.77. The van der Waals surface area contributed by atoms with Crippen LogP contribution >= 0.6 is 11.6 Å².